The minimum Gasteiger partial charge on any atom is -0.459 e. The van der Waals surface area contributed by atoms with E-state index in [9.17, 15) is 4.79 Å². The van der Waals surface area contributed by atoms with Crippen molar-refractivity contribution in [1.29, 1.82) is 5.26 Å². The van der Waals surface area contributed by atoms with Gasteiger partial charge in [0.25, 0.3) is 0 Å². The molecule has 0 saturated heterocycles. The molecule has 0 aliphatic rings. The lowest BCUT2D eigenvalue weighted by Crippen LogP contribution is -2.12. The summed E-state index contributed by atoms with van der Waals surface area (Å²) in [5, 5.41) is 13.1. The van der Waals surface area contributed by atoms with Gasteiger partial charge in [0.2, 0.25) is 0 Å². The Kier molecular flexibility index (Phi) is 3.80. The molecule has 0 saturated carbocycles. The Morgan fingerprint density at radius 1 is 1.45 bits per heavy atom. The van der Waals surface area contributed by atoms with Gasteiger partial charge in [-0.3, -0.25) is 4.68 Å². The van der Waals surface area contributed by atoms with Crippen LogP contribution in [-0.4, -0.2) is 26.8 Å². The summed E-state index contributed by atoms with van der Waals surface area (Å²) in [6, 6.07) is 4.97. The predicted molar refractivity (Wildman–Crippen MR) is 71.7 cm³/mol. The number of aromatic nitrogens is 3. The van der Waals surface area contributed by atoms with E-state index in [2.05, 4.69) is 10.1 Å². The standard InChI is InChI=1S/C14H14N4O2/c1-9(2)20-14(19)10-4-12(6-15)17-13(5-10)11-7-16-18(3)8-11/h4-5,7-9H,1-3H3. The molecule has 0 atom stereocenters. The van der Waals surface area contributed by atoms with Crippen molar-refractivity contribution in [2.75, 3.05) is 0 Å². The number of nitriles is 1. The zero-order valence-corrected chi connectivity index (χ0v) is 11.5. The van der Waals surface area contributed by atoms with Crippen LogP contribution in [0.5, 0.6) is 0 Å². The summed E-state index contributed by atoms with van der Waals surface area (Å²) in [6.45, 7) is 3.54. The van der Waals surface area contributed by atoms with E-state index >= 15 is 0 Å². The van der Waals surface area contributed by atoms with Gasteiger partial charge in [0.1, 0.15) is 11.8 Å². The molecule has 0 spiro atoms. The van der Waals surface area contributed by atoms with Gasteiger partial charge in [0.05, 0.1) is 23.6 Å². The smallest absolute Gasteiger partial charge is 0.338 e. The van der Waals surface area contributed by atoms with Gasteiger partial charge in [-0.15, -0.1) is 0 Å². The van der Waals surface area contributed by atoms with Crippen molar-refractivity contribution in [2.45, 2.75) is 20.0 Å². The van der Waals surface area contributed by atoms with E-state index in [0.717, 1.165) is 5.56 Å². The molecule has 0 amide bonds. The fraction of sp³-hybridized carbons (Fsp3) is 0.286. The van der Waals surface area contributed by atoms with Crippen LogP contribution < -0.4 is 0 Å². The highest BCUT2D eigenvalue weighted by atomic mass is 16.5. The lowest BCUT2D eigenvalue weighted by Gasteiger charge is -2.08. The highest BCUT2D eigenvalue weighted by molar-refractivity contribution is 5.91. The van der Waals surface area contributed by atoms with Crippen LogP contribution in [0.3, 0.4) is 0 Å². The molecule has 6 nitrogen and oxygen atoms in total. The van der Waals surface area contributed by atoms with Crippen LogP contribution in [0.15, 0.2) is 24.5 Å². The van der Waals surface area contributed by atoms with Crippen LogP contribution in [0.1, 0.15) is 29.9 Å². The first kappa shape index (κ1) is 13.7. The van der Waals surface area contributed by atoms with Gasteiger partial charge in [-0.05, 0) is 26.0 Å². The van der Waals surface area contributed by atoms with Crippen LogP contribution in [-0.2, 0) is 11.8 Å². The van der Waals surface area contributed by atoms with Gasteiger partial charge in [-0.1, -0.05) is 0 Å². The summed E-state index contributed by atoms with van der Waals surface area (Å²) in [5.41, 5.74) is 1.74. The molecule has 0 bridgehead atoms. The maximum atomic E-state index is 11.9. The summed E-state index contributed by atoms with van der Waals surface area (Å²) in [7, 11) is 1.78. The second kappa shape index (κ2) is 5.53. The average molecular weight is 270 g/mol. The quantitative estimate of drug-likeness (QED) is 0.796. The highest BCUT2D eigenvalue weighted by Gasteiger charge is 2.14. The molecule has 20 heavy (non-hydrogen) atoms. The van der Waals surface area contributed by atoms with E-state index in [4.69, 9.17) is 10.00 Å². The lowest BCUT2D eigenvalue weighted by molar-refractivity contribution is 0.0378. The molecule has 0 aromatic carbocycles. The minimum atomic E-state index is -0.468. The van der Waals surface area contributed by atoms with Gasteiger partial charge < -0.3 is 4.74 Å². The van der Waals surface area contributed by atoms with Gasteiger partial charge in [-0.25, -0.2) is 9.78 Å². The summed E-state index contributed by atoms with van der Waals surface area (Å²) in [4.78, 5) is 16.1. The molecule has 0 unspecified atom stereocenters. The normalized spacial score (nSPS) is 10.3. The number of hydrogen-bond donors (Lipinski definition) is 0. The first-order valence-electron chi connectivity index (χ1n) is 6.12. The number of hydrogen-bond acceptors (Lipinski definition) is 5. The molecule has 0 aliphatic carbocycles. The van der Waals surface area contributed by atoms with E-state index in [-0.39, 0.29) is 11.8 Å². The Morgan fingerprint density at radius 3 is 2.75 bits per heavy atom. The summed E-state index contributed by atoms with van der Waals surface area (Å²) in [6.07, 6.45) is 3.17. The van der Waals surface area contributed by atoms with Crippen LogP contribution in [0.25, 0.3) is 11.3 Å². The largest absolute Gasteiger partial charge is 0.459 e. The van der Waals surface area contributed by atoms with Gasteiger partial charge in [0, 0.05) is 18.8 Å². The fourth-order valence-electron chi connectivity index (χ4n) is 1.69. The second-order valence-corrected chi connectivity index (χ2v) is 4.59. The molecule has 2 heterocycles. The number of aryl methyl sites for hydroxylation is 1. The predicted octanol–water partition coefficient (Wildman–Crippen LogP) is 1.92. The molecule has 2 aromatic rings. The van der Waals surface area contributed by atoms with Crippen molar-refractivity contribution < 1.29 is 9.53 Å². The number of pyridine rings is 1. The van der Waals surface area contributed by atoms with Crippen molar-refractivity contribution in [1.82, 2.24) is 14.8 Å². The number of esters is 1. The van der Waals surface area contributed by atoms with Crippen molar-refractivity contribution >= 4 is 5.97 Å². The molecule has 0 aliphatic heterocycles. The topological polar surface area (TPSA) is 80.8 Å². The molecule has 0 radical (unpaired) electrons. The van der Waals surface area contributed by atoms with Gasteiger partial charge in [0.15, 0.2) is 0 Å². The van der Waals surface area contributed by atoms with E-state index in [0.29, 0.717) is 11.3 Å². The van der Waals surface area contributed by atoms with Crippen molar-refractivity contribution in [3.05, 3.63) is 35.8 Å². The molecule has 2 rings (SSSR count). The second-order valence-electron chi connectivity index (χ2n) is 4.59. The maximum Gasteiger partial charge on any atom is 0.338 e. The summed E-state index contributed by atoms with van der Waals surface area (Å²) < 4.78 is 6.76. The van der Waals surface area contributed by atoms with Crippen LogP contribution in [0.2, 0.25) is 0 Å². The third-order valence-corrected chi connectivity index (χ3v) is 2.52. The first-order valence-corrected chi connectivity index (χ1v) is 6.12. The molecular weight excluding hydrogens is 256 g/mol. The number of carbonyl (C=O) groups is 1. The Hall–Kier alpha value is -2.68. The fourth-order valence-corrected chi connectivity index (χ4v) is 1.69. The Labute approximate surface area is 116 Å². The molecule has 6 heteroatoms. The Balaban J connectivity index is 2.44. The number of nitrogens with zero attached hydrogens (tertiary/aromatic N) is 4. The zero-order chi connectivity index (χ0) is 14.7. The molecule has 0 fully saturated rings. The van der Waals surface area contributed by atoms with Crippen LogP contribution in [0.4, 0.5) is 0 Å². The van der Waals surface area contributed by atoms with Crippen molar-refractivity contribution in [2.24, 2.45) is 7.05 Å². The summed E-state index contributed by atoms with van der Waals surface area (Å²) >= 11 is 0. The highest BCUT2D eigenvalue weighted by Crippen LogP contribution is 2.19. The van der Waals surface area contributed by atoms with Crippen LogP contribution >= 0.6 is 0 Å². The zero-order valence-electron chi connectivity index (χ0n) is 11.5. The minimum absolute atomic E-state index is 0.169. The van der Waals surface area contributed by atoms with E-state index < -0.39 is 5.97 Å². The van der Waals surface area contributed by atoms with Crippen molar-refractivity contribution in [3.8, 4) is 17.3 Å². The van der Waals surface area contributed by atoms with E-state index in [1.807, 2.05) is 6.07 Å². The number of rotatable bonds is 3. The summed E-state index contributed by atoms with van der Waals surface area (Å²) in [5.74, 6) is -0.468. The molecular formula is C14H14N4O2. The Morgan fingerprint density at radius 2 is 2.20 bits per heavy atom. The monoisotopic (exact) mass is 270 g/mol. The molecule has 102 valence electrons. The van der Waals surface area contributed by atoms with E-state index in [1.54, 1.807) is 44.0 Å². The van der Waals surface area contributed by atoms with Gasteiger partial charge >= 0.3 is 5.97 Å². The SMILES string of the molecule is CC(C)OC(=O)c1cc(C#N)nc(-c2cnn(C)c2)c1. The molecule has 2 aromatic heterocycles. The first-order chi connectivity index (χ1) is 9.49. The Bertz CT molecular complexity index is 683. The lowest BCUT2D eigenvalue weighted by atomic mass is 10.1. The van der Waals surface area contributed by atoms with Crippen LogP contribution in [0, 0.1) is 11.3 Å². The van der Waals surface area contributed by atoms with E-state index in [1.165, 1.54) is 6.07 Å². The van der Waals surface area contributed by atoms with Gasteiger partial charge in [-0.2, -0.15) is 10.4 Å². The maximum absolute atomic E-state index is 11.9. The number of ether oxygens (including phenoxy) is 1. The third-order valence-electron chi connectivity index (χ3n) is 2.52. The molecule has 0 N–H and O–H groups in total. The number of carbonyl (C=O) groups excluding carboxylic acids is 1. The average Bonchev–Trinajstić information content (AvgIpc) is 2.84. The van der Waals surface area contributed by atoms with Crippen molar-refractivity contribution in [3.63, 3.8) is 0 Å². The third kappa shape index (κ3) is 3.01.